The normalized spacial score (nSPS) is 10.8. The lowest BCUT2D eigenvalue weighted by molar-refractivity contribution is -0.118. The number of carbonyl (C=O) groups is 1. The lowest BCUT2D eigenvalue weighted by Crippen LogP contribution is -2.32. The molecule has 0 bridgehead atoms. The van der Waals surface area contributed by atoms with E-state index < -0.39 is 0 Å². The topological polar surface area (TPSA) is 46.3 Å². The van der Waals surface area contributed by atoms with Crippen LogP contribution in [0.2, 0.25) is 0 Å². The van der Waals surface area contributed by atoms with E-state index in [-0.39, 0.29) is 5.91 Å². The lowest BCUT2D eigenvalue weighted by Gasteiger charge is -2.14. The summed E-state index contributed by atoms with van der Waals surface area (Å²) < 4.78 is 0. The minimum atomic E-state index is -0.275. The zero-order valence-electron chi connectivity index (χ0n) is 10.3. The molecule has 0 spiro atoms. The molecule has 0 saturated carbocycles. The summed E-state index contributed by atoms with van der Waals surface area (Å²) >= 11 is 0. The molecule has 0 fully saturated rings. The first-order valence-electron chi connectivity index (χ1n) is 5.52. The highest BCUT2D eigenvalue weighted by atomic mass is 16.1. The predicted molar refractivity (Wildman–Crippen MR) is 66.3 cm³/mol. The average molecular weight is 220 g/mol. The number of likely N-dealkylation sites (N-methyl/N-ethyl adjacent to an activating group) is 1. The van der Waals surface area contributed by atoms with Gasteiger partial charge in [0.05, 0.1) is 6.54 Å². The van der Waals surface area contributed by atoms with Crippen molar-refractivity contribution in [1.82, 2.24) is 4.90 Å². The summed E-state index contributed by atoms with van der Waals surface area (Å²) in [7, 11) is 1.91. The van der Waals surface area contributed by atoms with Crippen molar-refractivity contribution in [2.45, 2.75) is 20.3 Å². The second kappa shape index (κ2) is 5.66. The first-order valence-corrected chi connectivity index (χ1v) is 5.52. The van der Waals surface area contributed by atoms with Gasteiger partial charge in [0.25, 0.3) is 0 Å². The van der Waals surface area contributed by atoms with Crippen molar-refractivity contribution in [2.24, 2.45) is 5.73 Å². The number of hydrogen-bond donors (Lipinski definition) is 1. The van der Waals surface area contributed by atoms with Gasteiger partial charge in [0.15, 0.2) is 0 Å². The molecule has 2 N–H and O–H groups in total. The Balaban J connectivity index is 2.48. The van der Waals surface area contributed by atoms with E-state index in [0.29, 0.717) is 6.54 Å². The molecule has 0 heterocycles. The number of primary amides is 1. The summed E-state index contributed by atoms with van der Waals surface area (Å²) in [6.07, 6.45) is 0.949. The SMILES string of the molecule is Cc1ccc(CCN(C)CC(N)=O)cc1C. The molecule has 0 radical (unpaired) electrons. The van der Waals surface area contributed by atoms with Gasteiger partial charge >= 0.3 is 0 Å². The van der Waals surface area contributed by atoms with Crippen molar-refractivity contribution in [3.8, 4) is 0 Å². The zero-order valence-corrected chi connectivity index (χ0v) is 10.3. The standard InChI is InChI=1S/C13H20N2O/c1-10-4-5-12(8-11(10)2)6-7-15(3)9-13(14)16/h4-5,8H,6-7,9H2,1-3H3,(H2,14,16). The Morgan fingerprint density at radius 2 is 2.00 bits per heavy atom. The molecule has 1 amide bonds. The van der Waals surface area contributed by atoms with Gasteiger partial charge in [0.1, 0.15) is 0 Å². The molecule has 1 rings (SSSR count). The number of hydrogen-bond acceptors (Lipinski definition) is 2. The predicted octanol–water partition coefficient (Wildman–Crippen LogP) is 1.26. The third-order valence-electron chi connectivity index (χ3n) is 2.78. The van der Waals surface area contributed by atoms with Gasteiger partial charge in [0.2, 0.25) is 5.91 Å². The molecular weight excluding hydrogens is 200 g/mol. The molecule has 3 nitrogen and oxygen atoms in total. The van der Waals surface area contributed by atoms with E-state index in [4.69, 9.17) is 5.73 Å². The van der Waals surface area contributed by atoms with Gasteiger partial charge in [-0.3, -0.25) is 9.69 Å². The van der Waals surface area contributed by atoms with Crippen molar-refractivity contribution in [2.75, 3.05) is 20.1 Å². The van der Waals surface area contributed by atoms with E-state index in [1.807, 2.05) is 11.9 Å². The highest BCUT2D eigenvalue weighted by Gasteiger charge is 2.03. The van der Waals surface area contributed by atoms with Crippen molar-refractivity contribution >= 4 is 5.91 Å². The van der Waals surface area contributed by atoms with Crippen LogP contribution < -0.4 is 5.73 Å². The fourth-order valence-corrected chi connectivity index (χ4v) is 1.62. The van der Waals surface area contributed by atoms with Crippen LogP contribution in [-0.4, -0.2) is 30.9 Å². The molecular formula is C13H20N2O. The Morgan fingerprint density at radius 1 is 1.31 bits per heavy atom. The van der Waals surface area contributed by atoms with E-state index in [9.17, 15) is 4.79 Å². The molecule has 0 saturated heterocycles. The van der Waals surface area contributed by atoms with Crippen molar-refractivity contribution in [3.63, 3.8) is 0 Å². The van der Waals surface area contributed by atoms with Gasteiger partial charge in [-0.2, -0.15) is 0 Å². The molecule has 3 heteroatoms. The van der Waals surface area contributed by atoms with Gasteiger partial charge < -0.3 is 5.73 Å². The number of aryl methyl sites for hydroxylation is 2. The van der Waals surface area contributed by atoms with Crippen LogP contribution in [0, 0.1) is 13.8 Å². The average Bonchev–Trinajstić information content (AvgIpc) is 2.19. The molecule has 1 aromatic rings. The van der Waals surface area contributed by atoms with Crippen LogP contribution >= 0.6 is 0 Å². The van der Waals surface area contributed by atoms with Crippen molar-refractivity contribution < 1.29 is 4.79 Å². The second-order valence-electron chi connectivity index (χ2n) is 4.37. The number of nitrogens with zero attached hydrogens (tertiary/aromatic N) is 1. The van der Waals surface area contributed by atoms with Crippen molar-refractivity contribution in [1.29, 1.82) is 0 Å². The molecule has 0 aromatic heterocycles. The fraction of sp³-hybridized carbons (Fsp3) is 0.462. The maximum Gasteiger partial charge on any atom is 0.231 e. The van der Waals surface area contributed by atoms with Gasteiger partial charge in [-0.1, -0.05) is 18.2 Å². The minimum Gasteiger partial charge on any atom is -0.369 e. The molecule has 88 valence electrons. The monoisotopic (exact) mass is 220 g/mol. The molecule has 0 aliphatic heterocycles. The fourth-order valence-electron chi connectivity index (χ4n) is 1.62. The van der Waals surface area contributed by atoms with Crippen LogP contribution in [0.1, 0.15) is 16.7 Å². The van der Waals surface area contributed by atoms with Crippen LogP contribution in [0.5, 0.6) is 0 Å². The van der Waals surface area contributed by atoms with Gasteiger partial charge in [-0.05, 0) is 44.0 Å². The van der Waals surface area contributed by atoms with Crippen LogP contribution in [0.4, 0.5) is 0 Å². The minimum absolute atomic E-state index is 0.275. The Kier molecular flexibility index (Phi) is 4.50. The van der Waals surface area contributed by atoms with Crippen LogP contribution in [0.15, 0.2) is 18.2 Å². The molecule has 16 heavy (non-hydrogen) atoms. The summed E-state index contributed by atoms with van der Waals surface area (Å²) in [6.45, 7) is 5.40. The van der Waals surface area contributed by atoms with Crippen molar-refractivity contribution in [3.05, 3.63) is 34.9 Å². The molecule has 0 unspecified atom stereocenters. The van der Waals surface area contributed by atoms with Crippen LogP contribution in [0.3, 0.4) is 0 Å². The molecule has 0 aliphatic rings. The third kappa shape index (κ3) is 4.03. The van der Waals surface area contributed by atoms with Gasteiger partial charge in [0, 0.05) is 6.54 Å². The summed E-state index contributed by atoms with van der Waals surface area (Å²) in [4.78, 5) is 12.6. The number of nitrogens with two attached hydrogens (primary N) is 1. The smallest absolute Gasteiger partial charge is 0.231 e. The Labute approximate surface area is 97.2 Å². The van der Waals surface area contributed by atoms with E-state index in [1.165, 1.54) is 16.7 Å². The third-order valence-corrected chi connectivity index (χ3v) is 2.78. The summed E-state index contributed by atoms with van der Waals surface area (Å²) in [6, 6.07) is 6.48. The van der Waals surface area contributed by atoms with E-state index in [0.717, 1.165) is 13.0 Å². The number of benzene rings is 1. The largest absolute Gasteiger partial charge is 0.369 e. The maximum atomic E-state index is 10.7. The van der Waals surface area contributed by atoms with E-state index in [2.05, 4.69) is 32.0 Å². The summed E-state index contributed by atoms with van der Waals surface area (Å²) in [5.74, 6) is -0.275. The highest BCUT2D eigenvalue weighted by Crippen LogP contribution is 2.10. The number of carbonyl (C=O) groups excluding carboxylic acids is 1. The molecule has 1 aromatic carbocycles. The zero-order chi connectivity index (χ0) is 12.1. The first kappa shape index (κ1) is 12.7. The highest BCUT2D eigenvalue weighted by molar-refractivity contribution is 5.75. The number of amides is 1. The Morgan fingerprint density at radius 3 is 2.56 bits per heavy atom. The Bertz CT molecular complexity index is 374. The summed E-state index contributed by atoms with van der Waals surface area (Å²) in [5, 5.41) is 0. The van der Waals surface area contributed by atoms with E-state index >= 15 is 0 Å². The maximum absolute atomic E-state index is 10.7. The molecule has 0 aliphatic carbocycles. The number of rotatable bonds is 5. The van der Waals surface area contributed by atoms with E-state index in [1.54, 1.807) is 0 Å². The molecule has 0 atom stereocenters. The van der Waals surface area contributed by atoms with Gasteiger partial charge in [-0.25, -0.2) is 0 Å². The summed E-state index contributed by atoms with van der Waals surface area (Å²) in [5.41, 5.74) is 9.06. The second-order valence-corrected chi connectivity index (χ2v) is 4.37. The lowest BCUT2D eigenvalue weighted by atomic mass is 10.0. The quantitative estimate of drug-likeness (QED) is 0.812. The Hall–Kier alpha value is -1.35. The van der Waals surface area contributed by atoms with Gasteiger partial charge in [-0.15, -0.1) is 0 Å². The first-order chi connectivity index (χ1) is 7.49. The van der Waals surface area contributed by atoms with Crippen LogP contribution in [-0.2, 0) is 11.2 Å². The van der Waals surface area contributed by atoms with Crippen LogP contribution in [0.25, 0.3) is 0 Å².